The fourth-order valence-corrected chi connectivity index (χ4v) is 3.47. The minimum absolute atomic E-state index is 0.287. The maximum Gasteiger partial charge on any atom is 0.436 e. The number of nitrogens with one attached hydrogen (secondary N) is 1. The van der Waals surface area contributed by atoms with Crippen molar-refractivity contribution in [2.45, 2.75) is 19.0 Å². The van der Waals surface area contributed by atoms with E-state index in [4.69, 9.17) is 11.6 Å². The van der Waals surface area contributed by atoms with Crippen molar-refractivity contribution < 1.29 is 18.0 Å². The van der Waals surface area contributed by atoms with E-state index in [-0.39, 0.29) is 5.69 Å². The minimum Gasteiger partial charge on any atom is -0.371 e. The van der Waals surface area contributed by atoms with Crippen LogP contribution in [0.5, 0.6) is 0 Å². The summed E-state index contributed by atoms with van der Waals surface area (Å²) in [6, 6.07) is 8.16. The summed E-state index contributed by atoms with van der Waals surface area (Å²) in [5.74, 6) is -0.665. The second kappa shape index (κ2) is 7.19. The molecule has 0 aliphatic carbocycles. The number of anilines is 1. The van der Waals surface area contributed by atoms with Crippen molar-refractivity contribution in [3.05, 3.63) is 46.2 Å². The molecule has 0 spiro atoms. The van der Waals surface area contributed by atoms with E-state index in [1.165, 1.54) is 18.3 Å². The molecule has 26 heavy (non-hydrogen) atoms. The fourth-order valence-electron chi connectivity index (χ4n) is 3.12. The molecule has 1 amide bonds. The number of fused-ring (bicyclic) bond motifs is 1. The summed E-state index contributed by atoms with van der Waals surface area (Å²) in [7, 11) is 1.26. The van der Waals surface area contributed by atoms with Gasteiger partial charge in [0, 0.05) is 32.4 Å². The summed E-state index contributed by atoms with van der Waals surface area (Å²) in [6.45, 7) is 2.01. The average Bonchev–Trinajstić information content (AvgIpc) is 3.12. The molecule has 0 saturated carbocycles. The van der Waals surface area contributed by atoms with Crippen LogP contribution in [0.4, 0.5) is 18.9 Å². The monoisotopic (exact) mass is 386 g/mol. The Kier molecular flexibility index (Phi) is 5.13. The molecule has 1 aliphatic rings. The van der Waals surface area contributed by atoms with Crippen LogP contribution in [-0.2, 0) is 19.6 Å². The fraction of sp³-hybridized carbons (Fsp3) is 0.412. The van der Waals surface area contributed by atoms with Gasteiger partial charge < -0.3 is 10.2 Å². The number of aromatic nitrogens is 2. The Morgan fingerprint density at radius 1 is 1.35 bits per heavy atom. The van der Waals surface area contributed by atoms with E-state index >= 15 is 0 Å². The quantitative estimate of drug-likeness (QED) is 0.802. The normalized spacial score (nSPS) is 13.8. The van der Waals surface area contributed by atoms with Crippen molar-refractivity contribution >= 4 is 23.2 Å². The lowest BCUT2D eigenvalue weighted by Crippen LogP contribution is -2.30. The van der Waals surface area contributed by atoms with Gasteiger partial charge in [-0.2, -0.15) is 18.3 Å². The van der Waals surface area contributed by atoms with Crippen molar-refractivity contribution in [2.75, 3.05) is 24.5 Å². The van der Waals surface area contributed by atoms with Crippen LogP contribution >= 0.6 is 11.6 Å². The van der Waals surface area contributed by atoms with Gasteiger partial charge in [-0.1, -0.05) is 29.8 Å². The molecule has 2 aromatic rings. The lowest BCUT2D eigenvalue weighted by atomic mass is 10.2. The molecule has 1 aliphatic heterocycles. The molecule has 0 radical (unpaired) electrons. The highest BCUT2D eigenvalue weighted by molar-refractivity contribution is 6.34. The van der Waals surface area contributed by atoms with Crippen LogP contribution < -0.4 is 10.2 Å². The Labute approximate surface area is 153 Å². The molecular formula is C17H18ClF3N4O. The highest BCUT2D eigenvalue weighted by Gasteiger charge is 2.39. The molecule has 1 aromatic heterocycles. The van der Waals surface area contributed by atoms with Gasteiger partial charge in [0.1, 0.15) is 10.7 Å². The molecule has 5 nitrogen and oxygen atoms in total. The van der Waals surface area contributed by atoms with Crippen molar-refractivity contribution in [3.8, 4) is 0 Å². The highest BCUT2D eigenvalue weighted by Crippen LogP contribution is 2.35. The number of rotatable bonds is 5. The largest absolute Gasteiger partial charge is 0.436 e. The predicted octanol–water partition coefficient (Wildman–Crippen LogP) is 3.27. The number of halogens is 4. The van der Waals surface area contributed by atoms with Crippen LogP contribution in [0.2, 0.25) is 5.02 Å². The zero-order chi connectivity index (χ0) is 18.9. The predicted molar refractivity (Wildman–Crippen MR) is 92.5 cm³/mol. The molecule has 0 saturated heterocycles. The highest BCUT2D eigenvalue weighted by atomic mass is 35.5. The Balaban J connectivity index is 1.55. The van der Waals surface area contributed by atoms with Crippen LogP contribution in [0.1, 0.15) is 28.2 Å². The molecule has 140 valence electrons. The van der Waals surface area contributed by atoms with Crippen LogP contribution in [0.15, 0.2) is 24.3 Å². The molecule has 0 fully saturated rings. The van der Waals surface area contributed by atoms with Crippen molar-refractivity contribution in [1.29, 1.82) is 0 Å². The third-order valence-corrected chi connectivity index (χ3v) is 4.70. The average molecular weight is 387 g/mol. The number of carbonyl (C=O) groups excluding carboxylic acids is 1. The third-order valence-electron chi connectivity index (χ3n) is 4.35. The van der Waals surface area contributed by atoms with E-state index in [1.807, 2.05) is 12.1 Å². The minimum atomic E-state index is -4.70. The number of amides is 1. The Morgan fingerprint density at radius 3 is 2.77 bits per heavy atom. The van der Waals surface area contributed by atoms with Gasteiger partial charge in [-0.15, -0.1) is 0 Å². The topological polar surface area (TPSA) is 50.2 Å². The van der Waals surface area contributed by atoms with Crippen LogP contribution in [-0.4, -0.2) is 35.3 Å². The summed E-state index contributed by atoms with van der Waals surface area (Å²) in [6.07, 6.45) is -3.04. The van der Waals surface area contributed by atoms with E-state index in [1.54, 1.807) is 0 Å². The standard InChI is InChI=1S/C17H18ClF3N4O/c1-24-14(13(18)15(23-24)17(19,20)21)16(26)22-8-4-9-25-10-7-11-5-2-3-6-12(11)25/h2-3,5-6H,4,7-10H2,1H3,(H,22,26). The molecule has 1 N–H and O–H groups in total. The maximum absolute atomic E-state index is 12.8. The molecule has 0 unspecified atom stereocenters. The number of aryl methyl sites for hydroxylation is 1. The second-order valence-corrected chi connectivity index (χ2v) is 6.49. The molecule has 3 rings (SSSR count). The van der Waals surface area contributed by atoms with Gasteiger partial charge >= 0.3 is 6.18 Å². The lowest BCUT2D eigenvalue weighted by molar-refractivity contribution is -0.141. The molecule has 9 heteroatoms. The van der Waals surface area contributed by atoms with Gasteiger partial charge in [-0.25, -0.2) is 0 Å². The second-order valence-electron chi connectivity index (χ2n) is 6.11. The first-order chi connectivity index (χ1) is 12.3. The van der Waals surface area contributed by atoms with E-state index in [0.717, 1.165) is 24.2 Å². The van der Waals surface area contributed by atoms with E-state index < -0.39 is 22.8 Å². The van der Waals surface area contributed by atoms with Crippen LogP contribution in [0.25, 0.3) is 0 Å². The third kappa shape index (κ3) is 3.65. The Bertz CT molecular complexity index is 819. The number of hydrogen-bond acceptors (Lipinski definition) is 3. The molecule has 2 heterocycles. The van der Waals surface area contributed by atoms with E-state index in [0.29, 0.717) is 13.0 Å². The van der Waals surface area contributed by atoms with Gasteiger partial charge in [-0.05, 0) is 24.5 Å². The summed E-state index contributed by atoms with van der Waals surface area (Å²) < 4.78 is 39.3. The maximum atomic E-state index is 12.8. The number of hydrogen-bond donors (Lipinski definition) is 1. The van der Waals surface area contributed by atoms with Crippen LogP contribution in [0, 0.1) is 0 Å². The van der Waals surface area contributed by atoms with Crippen molar-refractivity contribution in [2.24, 2.45) is 7.05 Å². The molecular weight excluding hydrogens is 369 g/mol. The Morgan fingerprint density at radius 2 is 2.08 bits per heavy atom. The van der Waals surface area contributed by atoms with Gasteiger partial charge in [0.2, 0.25) is 0 Å². The number of benzene rings is 1. The van der Waals surface area contributed by atoms with Gasteiger partial charge in [0.25, 0.3) is 5.91 Å². The first-order valence-electron chi connectivity index (χ1n) is 8.19. The summed E-state index contributed by atoms with van der Waals surface area (Å²) >= 11 is 5.71. The SMILES string of the molecule is Cn1nc(C(F)(F)F)c(Cl)c1C(=O)NCCCN1CCc2ccccc21. The smallest absolute Gasteiger partial charge is 0.371 e. The van der Waals surface area contributed by atoms with Crippen molar-refractivity contribution in [1.82, 2.24) is 15.1 Å². The summed E-state index contributed by atoms with van der Waals surface area (Å²) in [4.78, 5) is 14.4. The zero-order valence-electron chi connectivity index (χ0n) is 14.1. The molecule has 0 atom stereocenters. The van der Waals surface area contributed by atoms with Gasteiger partial charge in [0.05, 0.1) is 0 Å². The molecule has 0 bridgehead atoms. The number of alkyl halides is 3. The number of carbonyl (C=O) groups is 1. The Hall–Kier alpha value is -2.22. The summed E-state index contributed by atoms with van der Waals surface area (Å²) in [5, 5.41) is 5.25. The van der Waals surface area contributed by atoms with E-state index in [2.05, 4.69) is 27.4 Å². The van der Waals surface area contributed by atoms with Crippen molar-refractivity contribution in [3.63, 3.8) is 0 Å². The van der Waals surface area contributed by atoms with Gasteiger partial charge in [0.15, 0.2) is 5.69 Å². The van der Waals surface area contributed by atoms with E-state index in [9.17, 15) is 18.0 Å². The first-order valence-corrected chi connectivity index (χ1v) is 8.57. The number of nitrogens with zero attached hydrogens (tertiary/aromatic N) is 3. The lowest BCUT2D eigenvalue weighted by Gasteiger charge is -2.19. The molecule has 1 aromatic carbocycles. The first kappa shape index (κ1) is 18.6. The van der Waals surface area contributed by atoms with Crippen LogP contribution in [0.3, 0.4) is 0 Å². The zero-order valence-corrected chi connectivity index (χ0v) is 14.9. The summed E-state index contributed by atoms with van der Waals surface area (Å²) in [5.41, 5.74) is 0.965. The number of para-hydroxylation sites is 1. The van der Waals surface area contributed by atoms with Gasteiger partial charge in [-0.3, -0.25) is 9.48 Å².